The van der Waals surface area contributed by atoms with Crippen LogP contribution in [0.5, 0.6) is 5.75 Å². The van der Waals surface area contributed by atoms with Crippen molar-refractivity contribution in [3.8, 4) is 5.75 Å². The van der Waals surface area contributed by atoms with E-state index in [1.807, 2.05) is 6.92 Å². The van der Waals surface area contributed by atoms with Crippen molar-refractivity contribution in [2.24, 2.45) is 0 Å². The van der Waals surface area contributed by atoms with Crippen molar-refractivity contribution in [2.45, 2.75) is 19.4 Å². The Balaban J connectivity index is 2.15. The molecule has 1 unspecified atom stereocenters. The lowest BCUT2D eigenvalue weighted by Crippen LogP contribution is -2.45. The number of benzene rings is 1. The van der Waals surface area contributed by atoms with Gasteiger partial charge in [-0.05, 0) is 24.6 Å². The number of morpholine rings is 1. The lowest BCUT2D eigenvalue weighted by molar-refractivity contribution is -0.0227. The SMILES string of the molecule is CCC1CN(C(=O)c2ccc(Cl)cc2O)CCO1. The Morgan fingerprint density at radius 1 is 1.61 bits per heavy atom. The smallest absolute Gasteiger partial charge is 0.257 e. The standard InChI is InChI=1S/C13H16ClNO3/c1-2-10-8-15(5-6-18-10)13(17)11-4-3-9(14)7-12(11)16/h3-4,7,10,16H,2,5-6,8H2,1H3. The molecule has 5 heteroatoms. The van der Waals surface area contributed by atoms with Crippen LogP contribution < -0.4 is 0 Å². The molecule has 98 valence electrons. The van der Waals surface area contributed by atoms with Gasteiger partial charge in [0.2, 0.25) is 0 Å². The molecule has 1 fully saturated rings. The number of carbonyl (C=O) groups excluding carboxylic acids is 1. The minimum atomic E-state index is -0.175. The maximum absolute atomic E-state index is 12.3. The van der Waals surface area contributed by atoms with E-state index in [2.05, 4.69) is 0 Å². The number of halogens is 1. The molecule has 0 spiro atoms. The summed E-state index contributed by atoms with van der Waals surface area (Å²) in [6.07, 6.45) is 0.952. The predicted molar refractivity (Wildman–Crippen MR) is 69.1 cm³/mol. The van der Waals surface area contributed by atoms with Crippen molar-refractivity contribution in [2.75, 3.05) is 19.7 Å². The summed E-state index contributed by atoms with van der Waals surface area (Å²) in [5, 5.41) is 10.2. The molecular formula is C13H16ClNO3. The normalized spacial score (nSPS) is 19.9. The van der Waals surface area contributed by atoms with Gasteiger partial charge in [-0.25, -0.2) is 0 Å². The number of amides is 1. The highest BCUT2D eigenvalue weighted by Gasteiger charge is 2.25. The van der Waals surface area contributed by atoms with Gasteiger partial charge < -0.3 is 14.7 Å². The predicted octanol–water partition coefficient (Wildman–Crippen LogP) is 2.30. The molecule has 0 aromatic heterocycles. The maximum Gasteiger partial charge on any atom is 0.257 e. The third-order valence-electron chi connectivity index (χ3n) is 3.07. The molecule has 1 aromatic carbocycles. The molecule has 2 rings (SSSR count). The number of rotatable bonds is 2. The Labute approximate surface area is 111 Å². The molecule has 1 N–H and O–H groups in total. The van der Waals surface area contributed by atoms with Crippen LogP contribution >= 0.6 is 11.6 Å². The zero-order valence-electron chi connectivity index (χ0n) is 10.2. The Morgan fingerprint density at radius 2 is 2.39 bits per heavy atom. The van der Waals surface area contributed by atoms with Crippen molar-refractivity contribution in [1.29, 1.82) is 0 Å². The van der Waals surface area contributed by atoms with Gasteiger partial charge in [0.25, 0.3) is 5.91 Å². The molecule has 1 amide bonds. The van der Waals surface area contributed by atoms with Crippen LogP contribution in [0.1, 0.15) is 23.7 Å². The van der Waals surface area contributed by atoms with Crippen LogP contribution in [-0.4, -0.2) is 41.7 Å². The fraction of sp³-hybridized carbons (Fsp3) is 0.462. The fourth-order valence-corrected chi connectivity index (χ4v) is 2.17. The lowest BCUT2D eigenvalue weighted by Gasteiger charge is -2.32. The first-order chi connectivity index (χ1) is 8.61. The molecule has 1 aliphatic rings. The summed E-state index contributed by atoms with van der Waals surface area (Å²) in [6, 6.07) is 4.54. The summed E-state index contributed by atoms with van der Waals surface area (Å²) in [6.45, 7) is 3.69. The van der Waals surface area contributed by atoms with E-state index >= 15 is 0 Å². The van der Waals surface area contributed by atoms with Gasteiger partial charge in [0.05, 0.1) is 18.3 Å². The summed E-state index contributed by atoms with van der Waals surface area (Å²) >= 11 is 5.75. The average Bonchev–Trinajstić information content (AvgIpc) is 2.38. The lowest BCUT2D eigenvalue weighted by atomic mass is 10.1. The summed E-state index contributed by atoms with van der Waals surface area (Å²) in [4.78, 5) is 14.0. The van der Waals surface area contributed by atoms with Gasteiger partial charge >= 0.3 is 0 Å². The molecule has 4 nitrogen and oxygen atoms in total. The molecule has 1 aromatic rings. The summed E-state index contributed by atoms with van der Waals surface area (Å²) in [5.74, 6) is -0.252. The number of ether oxygens (including phenoxy) is 1. The van der Waals surface area contributed by atoms with Crippen LogP contribution in [0.15, 0.2) is 18.2 Å². The molecule has 1 aliphatic heterocycles. The molecule has 1 atom stereocenters. The van der Waals surface area contributed by atoms with Crippen LogP contribution in [0.2, 0.25) is 5.02 Å². The molecule has 18 heavy (non-hydrogen) atoms. The van der Waals surface area contributed by atoms with Gasteiger partial charge in [0.1, 0.15) is 5.75 Å². The average molecular weight is 270 g/mol. The number of aromatic hydroxyl groups is 1. The van der Waals surface area contributed by atoms with E-state index < -0.39 is 0 Å². The van der Waals surface area contributed by atoms with Gasteiger partial charge in [-0.15, -0.1) is 0 Å². The van der Waals surface area contributed by atoms with Crippen LogP contribution in [-0.2, 0) is 4.74 Å². The van der Waals surface area contributed by atoms with Gasteiger partial charge in [-0.2, -0.15) is 0 Å². The molecule has 1 saturated heterocycles. The van der Waals surface area contributed by atoms with Crippen molar-refractivity contribution >= 4 is 17.5 Å². The number of phenolic OH excluding ortho intramolecular Hbond substituents is 1. The second-order valence-electron chi connectivity index (χ2n) is 4.31. The topological polar surface area (TPSA) is 49.8 Å². The molecule has 0 bridgehead atoms. The van der Waals surface area contributed by atoms with E-state index in [0.717, 1.165) is 6.42 Å². The molecule has 0 aliphatic carbocycles. The van der Waals surface area contributed by atoms with Crippen molar-refractivity contribution in [3.05, 3.63) is 28.8 Å². The molecular weight excluding hydrogens is 254 g/mol. The molecule has 0 saturated carbocycles. The van der Waals surface area contributed by atoms with Crippen LogP contribution in [0.25, 0.3) is 0 Å². The van der Waals surface area contributed by atoms with Gasteiger partial charge in [-0.3, -0.25) is 4.79 Å². The minimum absolute atomic E-state index is 0.0768. The third-order valence-corrected chi connectivity index (χ3v) is 3.31. The largest absolute Gasteiger partial charge is 0.507 e. The first-order valence-electron chi connectivity index (χ1n) is 6.01. The number of hydrogen-bond acceptors (Lipinski definition) is 3. The maximum atomic E-state index is 12.3. The van der Waals surface area contributed by atoms with Gasteiger partial charge in [0, 0.05) is 18.1 Å². The molecule has 1 heterocycles. The van der Waals surface area contributed by atoms with Crippen LogP contribution in [0.3, 0.4) is 0 Å². The second-order valence-corrected chi connectivity index (χ2v) is 4.75. The monoisotopic (exact) mass is 269 g/mol. The van der Waals surface area contributed by atoms with E-state index in [9.17, 15) is 9.90 Å². The number of carbonyl (C=O) groups is 1. The highest BCUT2D eigenvalue weighted by atomic mass is 35.5. The zero-order valence-corrected chi connectivity index (χ0v) is 11.0. The Bertz CT molecular complexity index is 450. The Morgan fingerprint density at radius 3 is 3.06 bits per heavy atom. The van der Waals surface area contributed by atoms with Crippen molar-refractivity contribution in [1.82, 2.24) is 4.90 Å². The first kappa shape index (κ1) is 13.2. The number of phenols is 1. The van der Waals surface area contributed by atoms with E-state index in [1.54, 1.807) is 17.0 Å². The fourth-order valence-electron chi connectivity index (χ4n) is 2.01. The van der Waals surface area contributed by atoms with E-state index in [1.165, 1.54) is 6.07 Å². The van der Waals surface area contributed by atoms with E-state index in [-0.39, 0.29) is 23.3 Å². The van der Waals surface area contributed by atoms with Gasteiger partial charge in [0.15, 0.2) is 0 Å². The summed E-state index contributed by atoms with van der Waals surface area (Å²) < 4.78 is 5.52. The van der Waals surface area contributed by atoms with Crippen molar-refractivity contribution in [3.63, 3.8) is 0 Å². The Hall–Kier alpha value is -1.26. The molecule has 0 radical (unpaired) electrons. The quantitative estimate of drug-likeness (QED) is 0.896. The minimum Gasteiger partial charge on any atom is -0.507 e. The van der Waals surface area contributed by atoms with E-state index in [4.69, 9.17) is 16.3 Å². The van der Waals surface area contributed by atoms with Crippen molar-refractivity contribution < 1.29 is 14.6 Å². The first-order valence-corrected chi connectivity index (χ1v) is 6.39. The second kappa shape index (κ2) is 5.59. The van der Waals surface area contributed by atoms with Crippen LogP contribution in [0, 0.1) is 0 Å². The third kappa shape index (κ3) is 2.76. The van der Waals surface area contributed by atoms with Crippen LogP contribution in [0.4, 0.5) is 0 Å². The highest BCUT2D eigenvalue weighted by molar-refractivity contribution is 6.30. The highest BCUT2D eigenvalue weighted by Crippen LogP contribution is 2.24. The summed E-state index contributed by atoms with van der Waals surface area (Å²) in [7, 11) is 0. The Kier molecular flexibility index (Phi) is 4.09. The van der Waals surface area contributed by atoms with E-state index in [0.29, 0.717) is 24.7 Å². The number of hydrogen-bond donors (Lipinski definition) is 1. The number of nitrogens with zero attached hydrogens (tertiary/aromatic N) is 1. The zero-order chi connectivity index (χ0) is 13.1. The van der Waals surface area contributed by atoms with Gasteiger partial charge in [-0.1, -0.05) is 18.5 Å². The summed E-state index contributed by atoms with van der Waals surface area (Å²) in [5.41, 5.74) is 0.288.